The van der Waals surface area contributed by atoms with Gasteiger partial charge in [0, 0.05) is 23.2 Å². The summed E-state index contributed by atoms with van der Waals surface area (Å²) in [5.41, 5.74) is -0.210. The van der Waals surface area contributed by atoms with Gasteiger partial charge < -0.3 is 10.1 Å². The number of nitrogens with zero attached hydrogens (tertiary/aromatic N) is 1. The summed E-state index contributed by atoms with van der Waals surface area (Å²) < 4.78 is 0. The molecule has 1 fully saturated rings. The Labute approximate surface area is 131 Å². The van der Waals surface area contributed by atoms with Crippen LogP contribution in [0.3, 0.4) is 0 Å². The summed E-state index contributed by atoms with van der Waals surface area (Å²) in [6.45, 7) is 2.25. The summed E-state index contributed by atoms with van der Waals surface area (Å²) in [5.74, 6) is 0.271. The van der Waals surface area contributed by atoms with Gasteiger partial charge in [0.1, 0.15) is 0 Å². The normalized spacial score (nSPS) is 18.4. The van der Waals surface area contributed by atoms with Crippen LogP contribution in [0.25, 0.3) is 0 Å². The molecule has 2 aromatic heterocycles. The second-order valence-corrected chi connectivity index (χ2v) is 6.67. The van der Waals surface area contributed by atoms with E-state index in [2.05, 4.69) is 14.9 Å². The number of likely N-dealkylation sites (tertiary alicyclic amines) is 1. The number of hydrogen-bond donors (Lipinski definition) is 3. The zero-order chi connectivity index (χ0) is 15.5. The summed E-state index contributed by atoms with van der Waals surface area (Å²) >= 11 is 1.59. The monoisotopic (exact) mass is 321 g/mol. The first-order valence-electron chi connectivity index (χ1n) is 7.38. The molecule has 0 saturated carbocycles. The number of H-pyrrole nitrogens is 2. The van der Waals surface area contributed by atoms with E-state index in [1.165, 1.54) is 6.07 Å². The zero-order valence-electron chi connectivity index (χ0n) is 12.1. The van der Waals surface area contributed by atoms with Crippen LogP contribution in [0.1, 0.15) is 29.5 Å². The first-order chi connectivity index (χ1) is 10.6. The fourth-order valence-corrected chi connectivity index (χ4v) is 3.77. The van der Waals surface area contributed by atoms with Gasteiger partial charge in [0.25, 0.3) is 5.56 Å². The molecular formula is C15H19N3O3S. The van der Waals surface area contributed by atoms with Gasteiger partial charge in [0.05, 0.1) is 6.10 Å². The Morgan fingerprint density at radius 3 is 2.73 bits per heavy atom. The molecule has 22 heavy (non-hydrogen) atoms. The molecule has 0 radical (unpaired) electrons. The van der Waals surface area contributed by atoms with Crippen molar-refractivity contribution in [1.29, 1.82) is 0 Å². The van der Waals surface area contributed by atoms with E-state index in [9.17, 15) is 14.7 Å². The largest absolute Gasteiger partial charge is 0.387 e. The summed E-state index contributed by atoms with van der Waals surface area (Å²) in [7, 11) is 0. The van der Waals surface area contributed by atoms with Gasteiger partial charge in [0.2, 0.25) is 0 Å². The zero-order valence-corrected chi connectivity index (χ0v) is 12.9. The predicted molar refractivity (Wildman–Crippen MR) is 85.0 cm³/mol. The standard InChI is InChI=1S/C15H19N3O3S/c19-13-8-11(16-15(21)17-13)9-18-5-3-10(4-6-18)14(20)12-2-1-7-22-12/h1-2,7-8,10,14,20H,3-6,9H2,(H2,16,17,19,21). The Kier molecular flexibility index (Phi) is 4.56. The van der Waals surface area contributed by atoms with Crippen molar-refractivity contribution < 1.29 is 5.11 Å². The molecule has 1 atom stereocenters. The molecule has 1 saturated heterocycles. The minimum Gasteiger partial charge on any atom is -0.387 e. The Hall–Kier alpha value is -1.70. The molecule has 3 heterocycles. The van der Waals surface area contributed by atoms with Gasteiger partial charge in [-0.3, -0.25) is 14.7 Å². The van der Waals surface area contributed by atoms with E-state index in [1.807, 2.05) is 17.5 Å². The fraction of sp³-hybridized carbons (Fsp3) is 0.467. The van der Waals surface area contributed by atoms with E-state index in [4.69, 9.17) is 0 Å². The number of thiophene rings is 1. The highest BCUT2D eigenvalue weighted by Crippen LogP contribution is 2.33. The highest BCUT2D eigenvalue weighted by atomic mass is 32.1. The van der Waals surface area contributed by atoms with Crippen LogP contribution in [0.15, 0.2) is 33.2 Å². The lowest BCUT2D eigenvalue weighted by atomic mass is 9.90. The van der Waals surface area contributed by atoms with E-state index in [-0.39, 0.29) is 17.6 Å². The van der Waals surface area contributed by atoms with Gasteiger partial charge in [-0.1, -0.05) is 6.07 Å². The van der Waals surface area contributed by atoms with Crippen molar-refractivity contribution in [2.24, 2.45) is 5.92 Å². The third-order valence-electron chi connectivity index (χ3n) is 4.12. The molecule has 0 amide bonds. The molecule has 3 rings (SSSR count). The molecule has 1 aliphatic rings. The van der Waals surface area contributed by atoms with Crippen molar-refractivity contribution in [3.63, 3.8) is 0 Å². The fourth-order valence-electron chi connectivity index (χ4n) is 2.96. The second kappa shape index (κ2) is 6.60. The molecule has 0 aliphatic carbocycles. The third-order valence-corrected chi connectivity index (χ3v) is 5.07. The highest BCUT2D eigenvalue weighted by Gasteiger charge is 2.26. The minimum atomic E-state index is -0.467. The number of rotatable bonds is 4. The first-order valence-corrected chi connectivity index (χ1v) is 8.26. The Morgan fingerprint density at radius 1 is 1.32 bits per heavy atom. The maximum absolute atomic E-state index is 11.3. The molecule has 6 nitrogen and oxygen atoms in total. The van der Waals surface area contributed by atoms with Crippen molar-refractivity contribution in [2.45, 2.75) is 25.5 Å². The van der Waals surface area contributed by atoms with Crippen molar-refractivity contribution in [2.75, 3.05) is 13.1 Å². The molecule has 3 N–H and O–H groups in total. The van der Waals surface area contributed by atoms with Crippen LogP contribution >= 0.6 is 11.3 Å². The lowest BCUT2D eigenvalue weighted by Gasteiger charge is -2.33. The highest BCUT2D eigenvalue weighted by molar-refractivity contribution is 7.10. The number of aromatic nitrogens is 2. The smallest absolute Gasteiger partial charge is 0.325 e. The van der Waals surface area contributed by atoms with Gasteiger partial charge in [-0.15, -0.1) is 11.3 Å². The summed E-state index contributed by atoms with van der Waals surface area (Å²) in [5, 5.41) is 12.4. The quantitative estimate of drug-likeness (QED) is 0.786. The average Bonchev–Trinajstić information content (AvgIpc) is 3.00. The van der Waals surface area contributed by atoms with Gasteiger partial charge in [-0.25, -0.2) is 4.79 Å². The number of hydrogen-bond acceptors (Lipinski definition) is 5. The SMILES string of the molecule is O=c1cc(CN2CCC(C(O)c3cccs3)CC2)[nH]c(=O)[nH]1. The van der Waals surface area contributed by atoms with Crippen LogP contribution in [0.4, 0.5) is 0 Å². The van der Waals surface area contributed by atoms with Crippen LogP contribution < -0.4 is 11.2 Å². The Morgan fingerprint density at radius 2 is 2.09 bits per heavy atom. The van der Waals surface area contributed by atoms with Crippen molar-refractivity contribution in [3.05, 3.63) is 55.0 Å². The molecular weight excluding hydrogens is 302 g/mol. The lowest BCUT2D eigenvalue weighted by molar-refractivity contribution is 0.0587. The van der Waals surface area contributed by atoms with Crippen LogP contribution in [0.2, 0.25) is 0 Å². The van der Waals surface area contributed by atoms with Gasteiger partial charge in [-0.2, -0.15) is 0 Å². The Bertz CT molecular complexity index is 686. The van der Waals surface area contributed by atoms with Crippen molar-refractivity contribution >= 4 is 11.3 Å². The summed E-state index contributed by atoms with van der Waals surface area (Å²) in [6.07, 6.45) is 1.43. The number of nitrogens with one attached hydrogen (secondary N) is 2. The van der Waals surface area contributed by atoms with Gasteiger partial charge in [0.15, 0.2) is 0 Å². The maximum Gasteiger partial charge on any atom is 0.325 e. The van der Waals surface area contributed by atoms with Crippen molar-refractivity contribution in [3.8, 4) is 0 Å². The second-order valence-electron chi connectivity index (χ2n) is 5.69. The molecule has 1 aliphatic heterocycles. The van der Waals surface area contributed by atoms with E-state index in [0.717, 1.165) is 30.8 Å². The number of piperidine rings is 1. The van der Waals surface area contributed by atoms with E-state index in [0.29, 0.717) is 12.2 Å². The van der Waals surface area contributed by atoms with Gasteiger partial charge in [-0.05, 0) is 43.3 Å². The van der Waals surface area contributed by atoms with Gasteiger partial charge >= 0.3 is 5.69 Å². The number of aliphatic hydroxyl groups excluding tert-OH is 1. The predicted octanol–water partition coefficient (Wildman–Crippen LogP) is 1.07. The number of aromatic amines is 2. The average molecular weight is 321 g/mol. The van der Waals surface area contributed by atoms with Crippen molar-refractivity contribution in [1.82, 2.24) is 14.9 Å². The third kappa shape index (κ3) is 3.55. The number of aliphatic hydroxyl groups is 1. The van der Waals surface area contributed by atoms with Crippen LogP contribution in [-0.2, 0) is 6.54 Å². The minimum absolute atomic E-state index is 0.271. The molecule has 0 aromatic carbocycles. The van der Waals surface area contributed by atoms with E-state index in [1.54, 1.807) is 11.3 Å². The molecule has 0 bridgehead atoms. The summed E-state index contributed by atoms with van der Waals surface area (Å²) in [4.78, 5) is 30.6. The summed E-state index contributed by atoms with van der Waals surface area (Å²) in [6, 6.07) is 5.36. The van der Waals surface area contributed by atoms with E-state index >= 15 is 0 Å². The first kappa shape index (κ1) is 15.2. The molecule has 2 aromatic rings. The Balaban J connectivity index is 1.57. The topological polar surface area (TPSA) is 89.2 Å². The maximum atomic E-state index is 11.3. The van der Waals surface area contributed by atoms with Crippen LogP contribution in [0, 0.1) is 5.92 Å². The van der Waals surface area contributed by atoms with Crippen LogP contribution in [0.5, 0.6) is 0 Å². The van der Waals surface area contributed by atoms with Crippen LogP contribution in [-0.4, -0.2) is 33.1 Å². The van der Waals surface area contributed by atoms with E-state index < -0.39 is 5.69 Å². The molecule has 118 valence electrons. The lowest BCUT2D eigenvalue weighted by Crippen LogP contribution is -2.36. The molecule has 1 unspecified atom stereocenters. The molecule has 7 heteroatoms. The molecule has 0 spiro atoms.